The third-order valence-electron chi connectivity index (χ3n) is 6.23. The van der Waals surface area contributed by atoms with Crippen molar-refractivity contribution in [3.05, 3.63) is 70.9 Å². The number of para-hydroxylation sites is 1. The van der Waals surface area contributed by atoms with Gasteiger partial charge in [0.2, 0.25) is 5.91 Å². The van der Waals surface area contributed by atoms with Crippen LogP contribution in [0.5, 0.6) is 0 Å². The molecule has 6 nitrogen and oxygen atoms in total. The maximum Gasteiger partial charge on any atom is 0.255 e. The second-order valence-electron chi connectivity index (χ2n) is 8.01. The van der Waals surface area contributed by atoms with Gasteiger partial charge >= 0.3 is 0 Å². The first-order valence-electron chi connectivity index (χ1n) is 11.0. The molecule has 1 aliphatic heterocycles. The van der Waals surface area contributed by atoms with Crippen molar-refractivity contribution in [2.45, 2.75) is 26.8 Å². The minimum Gasteiger partial charge on any atom is -0.358 e. The third-order valence-corrected chi connectivity index (χ3v) is 6.23. The van der Waals surface area contributed by atoms with E-state index in [1.54, 1.807) is 4.90 Å². The highest BCUT2D eigenvalue weighted by molar-refractivity contribution is 6.02. The number of nitrogens with one attached hydrogen (secondary N) is 2. The lowest BCUT2D eigenvalue weighted by molar-refractivity contribution is -0.122. The van der Waals surface area contributed by atoms with Gasteiger partial charge in [-0.15, -0.1) is 0 Å². The first-order chi connectivity index (χ1) is 15.0. The molecule has 0 radical (unpaired) electrons. The first-order valence-corrected chi connectivity index (χ1v) is 11.0. The largest absolute Gasteiger partial charge is 0.358 e. The Labute approximate surface area is 183 Å². The van der Waals surface area contributed by atoms with Crippen LogP contribution in [0.25, 0.3) is 10.9 Å². The molecule has 0 saturated heterocycles. The van der Waals surface area contributed by atoms with Gasteiger partial charge < -0.3 is 20.1 Å². The summed E-state index contributed by atoms with van der Waals surface area (Å²) in [4.78, 5) is 33.5. The fraction of sp³-hybridized carbons (Fsp3) is 0.360. The Morgan fingerprint density at radius 1 is 1.10 bits per heavy atom. The fourth-order valence-electron chi connectivity index (χ4n) is 4.60. The summed E-state index contributed by atoms with van der Waals surface area (Å²) in [5.74, 6) is -0.222. The lowest BCUT2D eigenvalue weighted by atomic mass is 9.95. The van der Waals surface area contributed by atoms with Gasteiger partial charge in [-0.1, -0.05) is 50.2 Å². The summed E-state index contributed by atoms with van der Waals surface area (Å²) in [5.41, 5.74) is 4.74. The Balaban J connectivity index is 1.63. The van der Waals surface area contributed by atoms with Crippen LogP contribution in [0.1, 0.15) is 47.1 Å². The number of aryl methyl sites for hydroxylation is 1. The molecule has 0 saturated carbocycles. The Hall–Kier alpha value is -3.12. The van der Waals surface area contributed by atoms with Gasteiger partial charge in [-0.25, -0.2) is 0 Å². The summed E-state index contributed by atoms with van der Waals surface area (Å²) in [7, 11) is 0. The number of amides is 2. The second-order valence-corrected chi connectivity index (χ2v) is 8.01. The van der Waals surface area contributed by atoms with Crippen molar-refractivity contribution in [3.63, 3.8) is 0 Å². The number of rotatable bonds is 8. The molecule has 1 unspecified atom stereocenters. The number of H-pyrrole nitrogens is 1. The van der Waals surface area contributed by atoms with Crippen molar-refractivity contribution in [3.8, 4) is 0 Å². The molecule has 0 aliphatic carbocycles. The molecule has 1 atom stereocenters. The lowest BCUT2D eigenvalue weighted by Crippen LogP contribution is -2.42. The number of aromatic nitrogens is 1. The Morgan fingerprint density at radius 3 is 2.58 bits per heavy atom. The van der Waals surface area contributed by atoms with Crippen LogP contribution in [0.2, 0.25) is 0 Å². The minimum atomic E-state index is -0.284. The van der Waals surface area contributed by atoms with Crippen molar-refractivity contribution >= 4 is 22.7 Å². The fourth-order valence-corrected chi connectivity index (χ4v) is 4.60. The quantitative estimate of drug-likeness (QED) is 0.589. The van der Waals surface area contributed by atoms with Gasteiger partial charge in [0, 0.05) is 40.8 Å². The standard InChI is InChI=1S/C25H30N4O2/c1-4-28(5-2)15-14-26-22(30)16-29-24(18-10-6-7-11-19(18)25(29)31)23-17(3)27-21-13-9-8-12-20(21)23/h6-13,24,27H,4-5,14-16H2,1-3H3,(H,26,30). The predicted octanol–water partition coefficient (Wildman–Crippen LogP) is 3.48. The van der Waals surface area contributed by atoms with Crippen molar-refractivity contribution in [1.82, 2.24) is 20.1 Å². The Morgan fingerprint density at radius 2 is 1.81 bits per heavy atom. The zero-order valence-electron chi connectivity index (χ0n) is 18.4. The van der Waals surface area contributed by atoms with Crippen molar-refractivity contribution < 1.29 is 9.59 Å². The van der Waals surface area contributed by atoms with E-state index in [9.17, 15) is 9.59 Å². The zero-order chi connectivity index (χ0) is 22.0. The molecule has 3 aromatic rings. The van der Waals surface area contributed by atoms with Crippen molar-refractivity contribution in [2.24, 2.45) is 0 Å². The molecule has 2 aromatic carbocycles. The normalized spacial score (nSPS) is 15.7. The topological polar surface area (TPSA) is 68.4 Å². The molecule has 2 amide bonds. The molecule has 0 bridgehead atoms. The van der Waals surface area contributed by atoms with Gasteiger partial charge in [-0.2, -0.15) is 0 Å². The van der Waals surface area contributed by atoms with Crippen molar-refractivity contribution in [1.29, 1.82) is 0 Å². The average molecular weight is 419 g/mol. The van der Waals surface area contributed by atoms with Gasteiger partial charge in [0.25, 0.3) is 5.91 Å². The summed E-state index contributed by atoms with van der Waals surface area (Å²) >= 11 is 0. The molecule has 6 heteroatoms. The molecule has 31 heavy (non-hydrogen) atoms. The van der Waals surface area contributed by atoms with E-state index in [2.05, 4.69) is 35.1 Å². The number of carbonyl (C=O) groups excluding carboxylic acids is 2. The molecular formula is C25H30N4O2. The molecule has 162 valence electrons. The average Bonchev–Trinajstić information content (AvgIpc) is 3.24. The number of aromatic amines is 1. The van der Waals surface area contributed by atoms with Crippen LogP contribution in [0.15, 0.2) is 48.5 Å². The van der Waals surface area contributed by atoms with E-state index in [0.717, 1.165) is 47.4 Å². The summed E-state index contributed by atoms with van der Waals surface area (Å²) < 4.78 is 0. The smallest absolute Gasteiger partial charge is 0.255 e. The molecule has 2 N–H and O–H groups in total. The number of hydrogen-bond donors (Lipinski definition) is 2. The Kier molecular flexibility index (Phi) is 6.09. The van der Waals surface area contributed by atoms with E-state index in [4.69, 9.17) is 0 Å². The zero-order valence-corrected chi connectivity index (χ0v) is 18.4. The van der Waals surface area contributed by atoms with Gasteiger partial charge in [0.15, 0.2) is 0 Å². The van der Waals surface area contributed by atoms with E-state index in [1.165, 1.54) is 0 Å². The van der Waals surface area contributed by atoms with E-state index in [-0.39, 0.29) is 24.4 Å². The maximum atomic E-state index is 13.3. The monoisotopic (exact) mass is 418 g/mol. The van der Waals surface area contributed by atoms with Gasteiger partial charge in [-0.05, 0) is 37.7 Å². The van der Waals surface area contributed by atoms with Gasteiger partial charge in [0.05, 0.1) is 6.04 Å². The molecule has 1 aromatic heterocycles. The molecule has 1 aliphatic rings. The van der Waals surface area contributed by atoms with Crippen LogP contribution >= 0.6 is 0 Å². The Bertz CT molecular complexity index is 1100. The first kappa shape index (κ1) is 21.1. The molecule has 4 rings (SSSR count). The van der Waals surface area contributed by atoms with E-state index in [0.29, 0.717) is 12.1 Å². The van der Waals surface area contributed by atoms with Crippen LogP contribution in [0, 0.1) is 6.92 Å². The van der Waals surface area contributed by atoms with Gasteiger partial charge in [0.1, 0.15) is 6.54 Å². The summed E-state index contributed by atoms with van der Waals surface area (Å²) in [6.45, 7) is 9.57. The highest BCUT2D eigenvalue weighted by Gasteiger charge is 2.40. The summed E-state index contributed by atoms with van der Waals surface area (Å²) in [5, 5.41) is 4.08. The molecule has 0 spiro atoms. The number of carbonyl (C=O) groups is 2. The molecule has 0 fully saturated rings. The molecular weight excluding hydrogens is 388 g/mol. The van der Waals surface area contributed by atoms with Crippen LogP contribution < -0.4 is 5.32 Å². The van der Waals surface area contributed by atoms with Crippen LogP contribution in [-0.2, 0) is 4.79 Å². The van der Waals surface area contributed by atoms with Crippen molar-refractivity contribution in [2.75, 3.05) is 32.7 Å². The third kappa shape index (κ3) is 3.95. The lowest BCUT2D eigenvalue weighted by Gasteiger charge is -2.26. The number of benzene rings is 2. The minimum absolute atomic E-state index is 0.0371. The van der Waals surface area contributed by atoms with Crippen LogP contribution in [-0.4, -0.2) is 59.3 Å². The summed E-state index contributed by atoms with van der Waals surface area (Å²) in [6, 6.07) is 15.5. The maximum absolute atomic E-state index is 13.3. The van der Waals surface area contributed by atoms with E-state index >= 15 is 0 Å². The molecule has 2 heterocycles. The van der Waals surface area contributed by atoms with Crippen LogP contribution in [0.3, 0.4) is 0 Å². The highest BCUT2D eigenvalue weighted by Crippen LogP contribution is 2.42. The number of fused-ring (bicyclic) bond motifs is 2. The second kappa shape index (κ2) is 8.94. The van der Waals surface area contributed by atoms with E-state index < -0.39 is 0 Å². The van der Waals surface area contributed by atoms with Crippen LogP contribution in [0.4, 0.5) is 0 Å². The number of nitrogens with zero attached hydrogens (tertiary/aromatic N) is 2. The SMILES string of the molecule is CCN(CC)CCNC(=O)CN1C(=O)c2ccccc2C1c1c(C)[nH]c2ccccc12. The predicted molar refractivity (Wildman–Crippen MR) is 123 cm³/mol. The number of likely N-dealkylation sites (N-methyl/N-ethyl adjacent to an activating group) is 1. The number of hydrogen-bond acceptors (Lipinski definition) is 3. The van der Waals surface area contributed by atoms with E-state index in [1.807, 2.05) is 49.4 Å². The van der Waals surface area contributed by atoms with Gasteiger partial charge in [-0.3, -0.25) is 9.59 Å². The summed E-state index contributed by atoms with van der Waals surface area (Å²) in [6.07, 6.45) is 0. The highest BCUT2D eigenvalue weighted by atomic mass is 16.2.